The number of anilines is 1. The Morgan fingerprint density at radius 3 is 2.46 bits per heavy atom. The average Bonchev–Trinajstić information content (AvgIpc) is 3.11. The first kappa shape index (κ1) is 22.2. The summed E-state index contributed by atoms with van der Waals surface area (Å²) in [6.07, 6.45) is 4.58. The molecule has 1 aliphatic heterocycles. The van der Waals surface area contributed by atoms with E-state index in [0.29, 0.717) is 19.6 Å². The summed E-state index contributed by atoms with van der Waals surface area (Å²) < 4.78 is 11.3. The molecular formula is C18H23Cl2N3O3. The highest BCUT2D eigenvalue weighted by atomic mass is 35.5. The molecule has 2 atom stereocenters. The van der Waals surface area contributed by atoms with Crippen LogP contribution in [0.25, 0.3) is 0 Å². The number of pyridine rings is 1. The van der Waals surface area contributed by atoms with Crippen molar-refractivity contribution in [2.45, 2.75) is 31.7 Å². The van der Waals surface area contributed by atoms with Gasteiger partial charge in [-0.3, -0.25) is 9.78 Å². The number of nitrogens with two attached hydrogens (primary N) is 1. The van der Waals surface area contributed by atoms with Crippen LogP contribution in [0.4, 0.5) is 5.69 Å². The lowest BCUT2D eigenvalue weighted by molar-refractivity contribution is -0.126. The zero-order valence-electron chi connectivity index (χ0n) is 14.2. The quantitative estimate of drug-likeness (QED) is 0.779. The number of nitrogens with one attached hydrogen (secondary N) is 1. The number of ether oxygens (including phenoxy) is 2. The molecule has 1 aromatic heterocycles. The lowest BCUT2D eigenvalue weighted by Crippen LogP contribution is -2.29. The number of amides is 1. The molecule has 1 amide bonds. The van der Waals surface area contributed by atoms with Crippen LogP contribution in [0.3, 0.4) is 0 Å². The van der Waals surface area contributed by atoms with Gasteiger partial charge in [-0.05, 0) is 54.8 Å². The molecule has 3 N–H and O–H groups in total. The molecule has 26 heavy (non-hydrogen) atoms. The summed E-state index contributed by atoms with van der Waals surface area (Å²) >= 11 is 0. The van der Waals surface area contributed by atoms with E-state index < -0.39 is 6.10 Å². The minimum Gasteiger partial charge on any atom is -0.489 e. The van der Waals surface area contributed by atoms with Crippen LogP contribution in [0.5, 0.6) is 5.75 Å². The van der Waals surface area contributed by atoms with E-state index in [2.05, 4.69) is 10.3 Å². The Morgan fingerprint density at radius 2 is 1.85 bits per heavy atom. The third kappa shape index (κ3) is 6.14. The molecule has 142 valence electrons. The van der Waals surface area contributed by atoms with Gasteiger partial charge in [0, 0.05) is 24.6 Å². The number of carbonyl (C=O) groups excluding carboxylic acids is 1. The monoisotopic (exact) mass is 399 g/mol. The molecule has 0 radical (unpaired) electrons. The Kier molecular flexibility index (Phi) is 9.37. The first-order valence-corrected chi connectivity index (χ1v) is 8.03. The maximum absolute atomic E-state index is 12.2. The number of hydrogen-bond donors (Lipinski definition) is 2. The van der Waals surface area contributed by atoms with E-state index in [1.165, 1.54) is 0 Å². The van der Waals surface area contributed by atoms with Gasteiger partial charge in [-0.25, -0.2) is 0 Å². The molecule has 1 aromatic carbocycles. The van der Waals surface area contributed by atoms with Crippen LogP contribution in [0.2, 0.25) is 0 Å². The van der Waals surface area contributed by atoms with Crippen molar-refractivity contribution in [3.05, 3.63) is 54.4 Å². The van der Waals surface area contributed by atoms with E-state index in [4.69, 9.17) is 15.2 Å². The molecule has 2 aromatic rings. The van der Waals surface area contributed by atoms with Crippen molar-refractivity contribution >= 4 is 36.4 Å². The van der Waals surface area contributed by atoms with Crippen LogP contribution < -0.4 is 15.8 Å². The molecule has 0 bridgehead atoms. The van der Waals surface area contributed by atoms with E-state index in [-0.39, 0.29) is 36.8 Å². The first-order valence-electron chi connectivity index (χ1n) is 8.03. The van der Waals surface area contributed by atoms with Gasteiger partial charge in [0.05, 0.1) is 6.10 Å². The van der Waals surface area contributed by atoms with Gasteiger partial charge < -0.3 is 20.5 Å². The fourth-order valence-electron chi connectivity index (χ4n) is 2.57. The second-order valence-corrected chi connectivity index (χ2v) is 5.72. The summed E-state index contributed by atoms with van der Waals surface area (Å²) in [6, 6.07) is 11.1. The molecular weight excluding hydrogens is 377 g/mol. The third-order valence-electron chi connectivity index (χ3n) is 3.94. The normalized spacial score (nSPS) is 18.3. The zero-order chi connectivity index (χ0) is 16.8. The van der Waals surface area contributed by atoms with E-state index >= 15 is 0 Å². The predicted molar refractivity (Wildman–Crippen MR) is 105 cm³/mol. The maximum Gasteiger partial charge on any atom is 0.253 e. The first-order chi connectivity index (χ1) is 11.7. The van der Waals surface area contributed by atoms with Gasteiger partial charge in [0.15, 0.2) is 0 Å². The van der Waals surface area contributed by atoms with Crippen molar-refractivity contribution in [1.82, 2.24) is 4.98 Å². The van der Waals surface area contributed by atoms with Gasteiger partial charge in [0.25, 0.3) is 5.91 Å². The molecule has 0 unspecified atom stereocenters. The van der Waals surface area contributed by atoms with Gasteiger partial charge >= 0.3 is 0 Å². The summed E-state index contributed by atoms with van der Waals surface area (Å²) in [4.78, 5) is 16.1. The van der Waals surface area contributed by atoms with Crippen molar-refractivity contribution in [2.75, 3.05) is 11.9 Å². The van der Waals surface area contributed by atoms with Gasteiger partial charge in [-0.15, -0.1) is 24.8 Å². The largest absolute Gasteiger partial charge is 0.489 e. The Labute approximate surface area is 165 Å². The van der Waals surface area contributed by atoms with Crippen molar-refractivity contribution in [1.29, 1.82) is 0 Å². The van der Waals surface area contributed by atoms with Crippen molar-refractivity contribution in [3.8, 4) is 5.75 Å². The molecule has 1 fully saturated rings. The minimum absolute atomic E-state index is 0. The van der Waals surface area contributed by atoms with E-state index in [1.54, 1.807) is 12.4 Å². The van der Waals surface area contributed by atoms with Crippen LogP contribution in [0.1, 0.15) is 18.4 Å². The summed E-state index contributed by atoms with van der Waals surface area (Å²) in [6.45, 7) is 0.928. The highest BCUT2D eigenvalue weighted by molar-refractivity contribution is 5.94. The Morgan fingerprint density at radius 1 is 1.15 bits per heavy atom. The van der Waals surface area contributed by atoms with Gasteiger partial charge in [-0.1, -0.05) is 0 Å². The molecule has 0 saturated carbocycles. The van der Waals surface area contributed by atoms with Crippen LogP contribution in [-0.4, -0.2) is 29.6 Å². The lowest BCUT2D eigenvalue weighted by Gasteiger charge is -2.13. The Balaban J connectivity index is 0.00000169. The molecule has 1 aliphatic rings. The SMILES string of the molecule is Cl.Cl.NC[C@H]1CC[C@@H](C(=O)Nc2ccc(OCc3ccncc3)cc2)O1. The number of nitrogens with zero attached hydrogens (tertiary/aromatic N) is 1. The van der Waals surface area contributed by atoms with Gasteiger partial charge in [0.1, 0.15) is 18.5 Å². The van der Waals surface area contributed by atoms with Crippen LogP contribution in [0.15, 0.2) is 48.8 Å². The van der Waals surface area contributed by atoms with Crippen LogP contribution in [0, 0.1) is 0 Å². The molecule has 1 saturated heterocycles. The predicted octanol–water partition coefficient (Wildman–Crippen LogP) is 2.95. The standard InChI is InChI=1S/C18H21N3O3.2ClH/c19-11-16-5-6-17(24-16)18(22)21-14-1-3-15(4-2-14)23-12-13-7-9-20-10-8-13;;/h1-4,7-10,16-17H,5-6,11-12,19H2,(H,21,22);2*1H/t16-,17+;;/m1../s1. The van der Waals surface area contributed by atoms with Crippen LogP contribution >= 0.6 is 24.8 Å². The average molecular weight is 400 g/mol. The molecule has 0 spiro atoms. The second kappa shape index (κ2) is 11.0. The van der Waals surface area contributed by atoms with Gasteiger partial charge in [0.2, 0.25) is 0 Å². The molecule has 2 heterocycles. The van der Waals surface area contributed by atoms with Crippen molar-refractivity contribution in [2.24, 2.45) is 5.73 Å². The second-order valence-electron chi connectivity index (χ2n) is 5.72. The van der Waals surface area contributed by atoms with Crippen molar-refractivity contribution in [3.63, 3.8) is 0 Å². The summed E-state index contributed by atoms with van der Waals surface area (Å²) in [7, 11) is 0. The molecule has 6 nitrogen and oxygen atoms in total. The van der Waals surface area contributed by atoms with E-state index in [9.17, 15) is 4.79 Å². The number of carbonyl (C=O) groups is 1. The highest BCUT2D eigenvalue weighted by Gasteiger charge is 2.29. The van der Waals surface area contributed by atoms with Crippen LogP contribution in [-0.2, 0) is 16.1 Å². The molecule has 0 aliphatic carbocycles. The van der Waals surface area contributed by atoms with Crippen molar-refractivity contribution < 1.29 is 14.3 Å². The fraction of sp³-hybridized carbons (Fsp3) is 0.333. The van der Waals surface area contributed by atoms with E-state index in [1.807, 2.05) is 36.4 Å². The number of rotatable bonds is 6. The number of hydrogen-bond acceptors (Lipinski definition) is 5. The number of halogens is 2. The number of aromatic nitrogens is 1. The summed E-state index contributed by atoms with van der Waals surface area (Å²) in [5.74, 6) is 0.613. The minimum atomic E-state index is -0.416. The van der Waals surface area contributed by atoms with Gasteiger partial charge in [-0.2, -0.15) is 0 Å². The summed E-state index contributed by atoms with van der Waals surface area (Å²) in [5.41, 5.74) is 7.33. The fourth-order valence-corrected chi connectivity index (χ4v) is 2.57. The topological polar surface area (TPSA) is 86.5 Å². The Hall–Kier alpha value is -1.86. The smallest absolute Gasteiger partial charge is 0.253 e. The third-order valence-corrected chi connectivity index (χ3v) is 3.94. The molecule has 3 rings (SSSR count). The maximum atomic E-state index is 12.2. The number of benzene rings is 1. The lowest BCUT2D eigenvalue weighted by atomic mass is 10.2. The zero-order valence-corrected chi connectivity index (χ0v) is 15.8. The Bertz CT molecular complexity index is 671. The summed E-state index contributed by atoms with van der Waals surface area (Å²) in [5, 5.41) is 2.86. The molecule has 8 heteroatoms. The van der Waals surface area contributed by atoms with E-state index in [0.717, 1.165) is 23.4 Å². The highest BCUT2D eigenvalue weighted by Crippen LogP contribution is 2.22.